The number of halogens is 2. The topological polar surface area (TPSA) is 48.2 Å². The van der Waals surface area contributed by atoms with E-state index in [0.717, 1.165) is 15.8 Å². The Bertz CT molecular complexity index is 808. The minimum Gasteiger partial charge on any atom is -0.496 e. The monoisotopic (exact) mass is 394 g/mol. The third-order valence-electron chi connectivity index (χ3n) is 3.09. The van der Waals surface area contributed by atoms with Gasteiger partial charge in [0.05, 0.1) is 7.11 Å². The molecule has 1 heterocycles. The molecular formula is C16H12BrFN2O2S. The number of hydrogen-bond acceptors (Lipinski definition) is 5. The number of aromatic nitrogens is 2. The Labute approximate surface area is 145 Å². The standard InChI is InChI=1S/C16H12BrFN2O2S/c1-21-14-7-4-12(17)8-11(14)9-23-16-20-19-15(22-16)10-2-5-13(18)6-3-10/h2-8H,9H2,1H3. The number of hydrogen-bond donors (Lipinski definition) is 0. The molecule has 3 rings (SSSR count). The molecule has 0 fully saturated rings. The van der Waals surface area contributed by atoms with Crippen molar-refractivity contribution in [1.82, 2.24) is 10.2 Å². The SMILES string of the molecule is COc1ccc(Br)cc1CSc1nnc(-c2ccc(F)cc2)o1. The lowest BCUT2D eigenvalue weighted by atomic mass is 10.2. The fraction of sp³-hybridized carbons (Fsp3) is 0.125. The van der Waals surface area contributed by atoms with Gasteiger partial charge in [-0.1, -0.05) is 27.7 Å². The molecule has 0 aliphatic rings. The van der Waals surface area contributed by atoms with Crippen LogP contribution >= 0.6 is 27.7 Å². The Balaban J connectivity index is 1.72. The van der Waals surface area contributed by atoms with Crippen molar-refractivity contribution in [3.63, 3.8) is 0 Å². The molecule has 23 heavy (non-hydrogen) atoms. The van der Waals surface area contributed by atoms with E-state index in [4.69, 9.17) is 9.15 Å². The molecule has 0 saturated heterocycles. The molecule has 3 aromatic rings. The third kappa shape index (κ3) is 3.92. The molecule has 0 aliphatic carbocycles. The van der Waals surface area contributed by atoms with Crippen LogP contribution in [-0.4, -0.2) is 17.3 Å². The van der Waals surface area contributed by atoms with Crippen molar-refractivity contribution in [1.29, 1.82) is 0 Å². The van der Waals surface area contributed by atoms with Crippen LogP contribution in [0.1, 0.15) is 5.56 Å². The summed E-state index contributed by atoms with van der Waals surface area (Å²) in [6.07, 6.45) is 0. The van der Waals surface area contributed by atoms with Crippen molar-refractivity contribution < 1.29 is 13.5 Å². The van der Waals surface area contributed by atoms with Crippen molar-refractivity contribution in [2.24, 2.45) is 0 Å². The predicted octanol–water partition coefficient (Wildman–Crippen LogP) is 4.94. The average Bonchev–Trinajstić information content (AvgIpc) is 3.03. The van der Waals surface area contributed by atoms with Gasteiger partial charge >= 0.3 is 0 Å². The number of nitrogens with zero attached hydrogens (tertiary/aromatic N) is 2. The lowest BCUT2D eigenvalue weighted by Gasteiger charge is -2.07. The number of methoxy groups -OCH3 is 1. The molecular weight excluding hydrogens is 383 g/mol. The average molecular weight is 395 g/mol. The van der Waals surface area contributed by atoms with E-state index in [-0.39, 0.29) is 5.82 Å². The summed E-state index contributed by atoms with van der Waals surface area (Å²) in [6, 6.07) is 11.7. The second kappa shape index (κ2) is 7.14. The number of rotatable bonds is 5. The van der Waals surface area contributed by atoms with Gasteiger partial charge in [0.2, 0.25) is 5.89 Å². The summed E-state index contributed by atoms with van der Waals surface area (Å²) in [7, 11) is 1.64. The van der Waals surface area contributed by atoms with E-state index in [1.54, 1.807) is 19.2 Å². The van der Waals surface area contributed by atoms with Gasteiger partial charge in [0, 0.05) is 21.4 Å². The Morgan fingerprint density at radius 1 is 1.17 bits per heavy atom. The van der Waals surface area contributed by atoms with E-state index in [1.165, 1.54) is 23.9 Å². The Hall–Kier alpha value is -1.86. The number of ether oxygens (including phenoxy) is 1. The molecule has 0 aliphatic heterocycles. The Morgan fingerprint density at radius 2 is 1.96 bits per heavy atom. The van der Waals surface area contributed by atoms with E-state index in [1.807, 2.05) is 18.2 Å². The second-order valence-electron chi connectivity index (χ2n) is 4.62. The maximum atomic E-state index is 12.9. The van der Waals surface area contributed by atoms with Gasteiger partial charge in [0.25, 0.3) is 5.22 Å². The minimum atomic E-state index is -0.301. The molecule has 0 spiro atoms. The van der Waals surface area contributed by atoms with Crippen molar-refractivity contribution in [3.8, 4) is 17.2 Å². The summed E-state index contributed by atoms with van der Waals surface area (Å²) < 4.78 is 24.9. The van der Waals surface area contributed by atoms with E-state index >= 15 is 0 Å². The van der Waals surface area contributed by atoms with Crippen LogP contribution in [-0.2, 0) is 5.75 Å². The van der Waals surface area contributed by atoms with Crippen LogP contribution in [0.2, 0.25) is 0 Å². The largest absolute Gasteiger partial charge is 0.496 e. The molecule has 0 N–H and O–H groups in total. The molecule has 0 bridgehead atoms. The highest BCUT2D eigenvalue weighted by molar-refractivity contribution is 9.10. The maximum Gasteiger partial charge on any atom is 0.277 e. The van der Waals surface area contributed by atoms with Crippen molar-refractivity contribution >= 4 is 27.7 Å². The molecule has 4 nitrogen and oxygen atoms in total. The smallest absolute Gasteiger partial charge is 0.277 e. The summed E-state index contributed by atoms with van der Waals surface area (Å²) in [5, 5.41) is 8.45. The highest BCUT2D eigenvalue weighted by atomic mass is 79.9. The zero-order valence-corrected chi connectivity index (χ0v) is 14.5. The first kappa shape index (κ1) is 16.0. The molecule has 2 aromatic carbocycles. The summed E-state index contributed by atoms with van der Waals surface area (Å²) in [4.78, 5) is 0. The summed E-state index contributed by atoms with van der Waals surface area (Å²) in [5.41, 5.74) is 1.71. The molecule has 1 aromatic heterocycles. The highest BCUT2D eigenvalue weighted by Gasteiger charge is 2.11. The summed E-state index contributed by atoms with van der Waals surface area (Å²) >= 11 is 4.86. The van der Waals surface area contributed by atoms with Gasteiger partial charge in [0.1, 0.15) is 11.6 Å². The van der Waals surface area contributed by atoms with Gasteiger partial charge in [0.15, 0.2) is 0 Å². The van der Waals surface area contributed by atoms with Crippen LogP contribution in [0, 0.1) is 5.82 Å². The zero-order valence-electron chi connectivity index (χ0n) is 12.1. The van der Waals surface area contributed by atoms with Crippen LogP contribution in [0.25, 0.3) is 11.5 Å². The van der Waals surface area contributed by atoms with Crippen molar-refractivity contribution in [2.75, 3.05) is 7.11 Å². The van der Waals surface area contributed by atoms with E-state index in [2.05, 4.69) is 26.1 Å². The predicted molar refractivity (Wildman–Crippen MR) is 89.9 cm³/mol. The first-order valence-corrected chi connectivity index (χ1v) is 8.48. The minimum absolute atomic E-state index is 0.301. The van der Waals surface area contributed by atoms with Crippen LogP contribution in [0.3, 0.4) is 0 Å². The van der Waals surface area contributed by atoms with Gasteiger partial charge in [-0.3, -0.25) is 0 Å². The van der Waals surface area contributed by atoms with Crippen molar-refractivity contribution in [3.05, 3.63) is 58.3 Å². The van der Waals surface area contributed by atoms with Gasteiger partial charge in [-0.25, -0.2) is 4.39 Å². The Morgan fingerprint density at radius 3 is 2.70 bits per heavy atom. The fourth-order valence-corrected chi connectivity index (χ4v) is 3.13. The molecule has 0 amide bonds. The third-order valence-corrected chi connectivity index (χ3v) is 4.45. The maximum absolute atomic E-state index is 12.9. The van der Waals surface area contributed by atoms with Gasteiger partial charge < -0.3 is 9.15 Å². The molecule has 0 radical (unpaired) electrons. The summed E-state index contributed by atoms with van der Waals surface area (Å²) in [5.74, 6) is 1.51. The number of benzene rings is 2. The molecule has 0 saturated carbocycles. The Kier molecular flexibility index (Phi) is 4.97. The molecule has 7 heteroatoms. The van der Waals surface area contributed by atoms with Crippen LogP contribution in [0.15, 0.2) is 56.6 Å². The van der Waals surface area contributed by atoms with Crippen LogP contribution in [0.4, 0.5) is 4.39 Å². The lowest BCUT2D eigenvalue weighted by molar-refractivity contribution is 0.411. The van der Waals surface area contributed by atoms with Crippen LogP contribution in [0.5, 0.6) is 5.75 Å². The second-order valence-corrected chi connectivity index (χ2v) is 6.47. The van der Waals surface area contributed by atoms with Crippen molar-refractivity contribution in [2.45, 2.75) is 11.0 Å². The summed E-state index contributed by atoms with van der Waals surface area (Å²) in [6.45, 7) is 0. The first-order chi connectivity index (χ1) is 11.2. The normalized spacial score (nSPS) is 10.7. The molecule has 118 valence electrons. The van der Waals surface area contributed by atoms with Gasteiger partial charge in [-0.2, -0.15) is 0 Å². The highest BCUT2D eigenvalue weighted by Crippen LogP contribution is 2.30. The van der Waals surface area contributed by atoms with Gasteiger partial charge in [-0.15, -0.1) is 10.2 Å². The first-order valence-electron chi connectivity index (χ1n) is 6.70. The van der Waals surface area contributed by atoms with Gasteiger partial charge in [-0.05, 0) is 42.5 Å². The zero-order chi connectivity index (χ0) is 16.2. The van der Waals surface area contributed by atoms with E-state index in [0.29, 0.717) is 22.4 Å². The lowest BCUT2D eigenvalue weighted by Crippen LogP contribution is -1.90. The van der Waals surface area contributed by atoms with E-state index < -0.39 is 0 Å². The van der Waals surface area contributed by atoms with Crippen LogP contribution < -0.4 is 4.74 Å². The quantitative estimate of drug-likeness (QED) is 0.573. The van der Waals surface area contributed by atoms with E-state index in [9.17, 15) is 4.39 Å². The molecule has 0 atom stereocenters. The number of thioether (sulfide) groups is 1. The molecule has 0 unspecified atom stereocenters. The fourth-order valence-electron chi connectivity index (χ4n) is 1.98.